The molecule has 1 fully saturated rings. The third-order valence-corrected chi connectivity index (χ3v) is 5.12. The van der Waals surface area contributed by atoms with Crippen molar-refractivity contribution in [1.82, 2.24) is 9.78 Å². The molecule has 2 aromatic rings. The van der Waals surface area contributed by atoms with E-state index in [-0.39, 0.29) is 23.5 Å². The Labute approximate surface area is 157 Å². The molecule has 0 amide bonds. The number of Topliss-reactive ketones (excluding diaryl/α,β-unsaturated/α-hetero) is 1. The highest BCUT2D eigenvalue weighted by atomic mass is 19.3. The number of hydrogen-bond acceptors (Lipinski definition) is 4. The number of benzene rings is 1. The molecule has 27 heavy (non-hydrogen) atoms. The van der Waals surface area contributed by atoms with Crippen molar-refractivity contribution in [3.63, 3.8) is 0 Å². The predicted molar refractivity (Wildman–Crippen MR) is 98.4 cm³/mol. The Balaban J connectivity index is 1.87. The number of methoxy groups -OCH3 is 1. The fraction of sp³-hybridized carbons (Fsp3) is 0.600. The van der Waals surface area contributed by atoms with Crippen molar-refractivity contribution >= 4 is 16.7 Å². The first-order valence-electron chi connectivity index (χ1n) is 9.55. The highest BCUT2D eigenvalue weighted by molar-refractivity contribution is 6.04. The predicted octanol–water partition coefficient (Wildman–Crippen LogP) is 4.83. The maximum absolute atomic E-state index is 13.0. The minimum absolute atomic E-state index is 0.0696. The first-order valence-corrected chi connectivity index (χ1v) is 9.55. The van der Waals surface area contributed by atoms with E-state index in [0.717, 1.165) is 6.54 Å². The Bertz CT molecular complexity index is 770. The fourth-order valence-corrected chi connectivity index (χ4v) is 3.79. The van der Waals surface area contributed by atoms with Crippen LogP contribution in [0.5, 0.6) is 5.75 Å². The quantitative estimate of drug-likeness (QED) is 0.462. The average Bonchev–Trinajstić information content (AvgIpc) is 3.05. The van der Waals surface area contributed by atoms with E-state index in [4.69, 9.17) is 9.47 Å². The van der Waals surface area contributed by atoms with Crippen LogP contribution in [0.15, 0.2) is 18.3 Å². The number of aromatic nitrogens is 2. The molecular weight excluding hydrogens is 354 g/mol. The molecule has 1 saturated carbocycles. The van der Waals surface area contributed by atoms with E-state index >= 15 is 0 Å². The number of ether oxygens (including phenoxy) is 2. The van der Waals surface area contributed by atoms with E-state index in [2.05, 4.69) is 5.10 Å². The van der Waals surface area contributed by atoms with Gasteiger partial charge in [0.25, 0.3) is 0 Å². The molecular formula is C20H26F2N2O3. The smallest absolute Gasteiger partial charge is 0.387 e. The number of halogens is 2. The minimum atomic E-state index is -3.00. The Morgan fingerprint density at radius 2 is 2.07 bits per heavy atom. The molecule has 0 saturated heterocycles. The second-order valence-corrected chi connectivity index (χ2v) is 7.13. The van der Waals surface area contributed by atoms with Crippen molar-refractivity contribution in [2.75, 3.05) is 13.7 Å². The van der Waals surface area contributed by atoms with Crippen LogP contribution >= 0.6 is 0 Å². The lowest BCUT2D eigenvalue weighted by molar-refractivity contribution is -0.0491. The van der Waals surface area contributed by atoms with E-state index < -0.39 is 6.61 Å². The van der Waals surface area contributed by atoms with Crippen molar-refractivity contribution in [3.05, 3.63) is 23.9 Å². The van der Waals surface area contributed by atoms with Gasteiger partial charge >= 0.3 is 6.61 Å². The lowest BCUT2D eigenvalue weighted by Crippen LogP contribution is -2.14. The molecule has 0 radical (unpaired) electrons. The summed E-state index contributed by atoms with van der Waals surface area (Å²) in [4.78, 5) is 12.5. The van der Waals surface area contributed by atoms with Gasteiger partial charge in [-0.05, 0) is 37.3 Å². The summed E-state index contributed by atoms with van der Waals surface area (Å²) in [6.45, 7) is -1.79. The van der Waals surface area contributed by atoms with E-state index in [9.17, 15) is 13.6 Å². The molecule has 148 valence electrons. The maximum atomic E-state index is 13.0. The zero-order valence-electron chi connectivity index (χ0n) is 15.6. The molecule has 1 aromatic carbocycles. The normalized spacial score (nSPS) is 15.6. The Morgan fingerprint density at radius 3 is 2.78 bits per heavy atom. The van der Waals surface area contributed by atoms with Crippen LogP contribution in [0.25, 0.3) is 10.9 Å². The second-order valence-electron chi connectivity index (χ2n) is 7.13. The SMILES string of the molecule is COCCCC(=O)c1ccc2nn(CC3CCCCC3)cc2c1OC(F)F. The number of fused-ring (bicyclic) bond motifs is 1. The summed E-state index contributed by atoms with van der Waals surface area (Å²) in [6, 6.07) is 3.24. The van der Waals surface area contributed by atoms with E-state index in [1.807, 2.05) is 0 Å². The number of nitrogens with zero attached hydrogens (tertiary/aromatic N) is 2. The Morgan fingerprint density at radius 1 is 1.30 bits per heavy atom. The molecule has 7 heteroatoms. The monoisotopic (exact) mass is 380 g/mol. The molecule has 0 bridgehead atoms. The first-order chi connectivity index (χ1) is 13.1. The lowest BCUT2D eigenvalue weighted by Gasteiger charge is -2.21. The minimum Gasteiger partial charge on any atom is -0.433 e. The summed E-state index contributed by atoms with van der Waals surface area (Å²) in [5, 5.41) is 4.97. The van der Waals surface area contributed by atoms with Crippen molar-refractivity contribution in [2.24, 2.45) is 5.92 Å². The van der Waals surface area contributed by atoms with Gasteiger partial charge in [0, 0.05) is 32.9 Å². The number of ketones is 1. The second kappa shape index (κ2) is 9.26. The van der Waals surface area contributed by atoms with Gasteiger partial charge in [0.05, 0.1) is 16.5 Å². The molecule has 0 N–H and O–H groups in total. The van der Waals surface area contributed by atoms with Gasteiger partial charge in [-0.3, -0.25) is 9.48 Å². The maximum Gasteiger partial charge on any atom is 0.387 e. The van der Waals surface area contributed by atoms with E-state index in [0.29, 0.717) is 29.8 Å². The Hall–Kier alpha value is -2.02. The molecule has 1 aliphatic rings. The summed E-state index contributed by atoms with van der Waals surface area (Å²) in [5.41, 5.74) is 0.742. The topological polar surface area (TPSA) is 53.3 Å². The zero-order chi connectivity index (χ0) is 19.2. The van der Waals surface area contributed by atoms with Gasteiger partial charge in [0.15, 0.2) is 5.78 Å². The van der Waals surface area contributed by atoms with Crippen LogP contribution < -0.4 is 4.74 Å². The molecule has 1 aliphatic carbocycles. The molecule has 0 unspecified atom stereocenters. The van der Waals surface area contributed by atoms with E-state index in [1.54, 1.807) is 24.1 Å². The number of carbonyl (C=O) groups excluding carboxylic acids is 1. The van der Waals surface area contributed by atoms with Crippen molar-refractivity contribution in [1.29, 1.82) is 0 Å². The van der Waals surface area contributed by atoms with Gasteiger partial charge in [0.1, 0.15) is 5.75 Å². The summed E-state index contributed by atoms with van der Waals surface area (Å²) >= 11 is 0. The van der Waals surface area contributed by atoms with Crippen LogP contribution in [0.4, 0.5) is 8.78 Å². The lowest BCUT2D eigenvalue weighted by atomic mass is 9.89. The van der Waals surface area contributed by atoms with Crippen LogP contribution in [0, 0.1) is 5.92 Å². The van der Waals surface area contributed by atoms with Crippen molar-refractivity contribution in [3.8, 4) is 5.75 Å². The summed E-state index contributed by atoms with van der Waals surface area (Å²) in [7, 11) is 1.56. The first kappa shape index (κ1) is 19.7. The summed E-state index contributed by atoms with van der Waals surface area (Å²) in [5.74, 6) is 0.257. The van der Waals surface area contributed by atoms with Crippen LogP contribution in [-0.4, -0.2) is 35.9 Å². The standard InChI is InChI=1S/C20H26F2N2O3/c1-26-11-5-8-18(25)15-9-10-17-16(19(15)27-20(21)22)13-24(23-17)12-14-6-3-2-4-7-14/h9-10,13-14,20H,2-8,11-12H2,1H3. The third-order valence-electron chi connectivity index (χ3n) is 5.12. The molecule has 0 aliphatic heterocycles. The van der Waals surface area contributed by atoms with Crippen LogP contribution in [-0.2, 0) is 11.3 Å². The summed E-state index contributed by atoms with van der Waals surface area (Å²) < 4.78 is 37.5. The highest BCUT2D eigenvalue weighted by Crippen LogP contribution is 2.33. The van der Waals surface area contributed by atoms with Gasteiger partial charge in [-0.1, -0.05) is 19.3 Å². The highest BCUT2D eigenvalue weighted by Gasteiger charge is 2.21. The number of rotatable bonds is 9. The molecule has 1 heterocycles. The van der Waals surface area contributed by atoms with Gasteiger partial charge in [0.2, 0.25) is 0 Å². The van der Waals surface area contributed by atoms with Gasteiger partial charge < -0.3 is 9.47 Å². The molecule has 5 nitrogen and oxygen atoms in total. The van der Waals surface area contributed by atoms with Crippen LogP contribution in [0.2, 0.25) is 0 Å². The number of carbonyl (C=O) groups is 1. The zero-order valence-corrected chi connectivity index (χ0v) is 15.6. The third kappa shape index (κ3) is 5.03. The molecule has 0 spiro atoms. The number of hydrogen-bond donors (Lipinski definition) is 0. The van der Waals surface area contributed by atoms with E-state index in [1.165, 1.54) is 38.2 Å². The number of alkyl halides is 2. The Kier molecular flexibility index (Phi) is 6.77. The van der Waals surface area contributed by atoms with Gasteiger partial charge in [-0.2, -0.15) is 13.9 Å². The van der Waals surface area contributed by atoms with Gasteiger partial charge in [-0.15, -0.1) is 0 Å². The summed E-state index contributed by atoms with van der Waals surface area (Å²) in [6.07, 6.45) is 8.54. The van der Waals surface area contributed by atoms with Gasteiger partial charge in [-0.25, -0.2) is 0 Å². The van der Waals surface area contributed by atoms with Crippen molar-refractivity contribution in [2.45, 2.75) is 58.1 Å². The van der Waals surface area contributed by atoms with Crippen molar-refractivity contribution < 1.29 is 23.0 Å². The molecule has 0 atom stereocenters. The van der Waals surface area contributed by atoms with Crippen LogP contribution in [0.1, 0.15) is 55.3 Å². The largest absolute Gasteiger partial charge is 0.433 e. The van der Waals surface area contributed by atoms with Crippen LogP contribution in [0.3, 0.4) is 0 Å². The average molecular weight is 380 g/mol. The molecule has 1 aromatic heterocycles. The fourth-order valence-electron chi connectivity index (χ4n) is 3.79. The molecule has 3 rings (SSSR count).